The number of nitrogens with one attached hydrogen (secondary N) is 3. The Hall–Kier alpha value is -14.1. The van der Waals surface area contributed by atoms with Crippen molar-refractivity contribution in [1.82, 2.24) is 28.7 Å². The summed E-state index contributed by atoms with van der Waals surface area (Å²) in [6.45, 7) is 0. The summed E-state index contributed by atoms with van der Waals surface area (Å²) in [4.78, 5) is 10.8. The zero-order valence-corrected chi connectivity index (χ0v) is 62.7. The van der Waals surface area contributed by atoms with Crippen LogP contribution in [0.15, 0.2) is 358 Å². The summed E-state index contributed by atoms with van der Waals surface area (Å²) in [5, 5.41) is 27.4. The maximum absolute atomic E-state index is 8.65. The minimum atomic E-state index is -0.389. The first-order valence-corrected chi connectivity index (χ1v) is 40.5. The van der Waals surface area contributed by atoms with Crippen LogP contribution >= 0.6 is 34.0 Å². The molecule has 0 spiro atoms. The van der Waals surface area contributed by atoms with Crippen LogP contribution in [0.5, 0.6) is 0 Å². The van der Waals surface area contributed by atoms with Gasteiger partial charge in [0.1, 0.15) is 0 Å². The highest BCUT2D eigenvalue weighted by molar-refractivity contribution is 7.26. The molecule has 0 aliphatic heterocycles. The van der Waals surface area contributed by atoms with Crippen molar-refractivity contribution in [1.29, 1.82) is 0 Å². The van der Waals surface area contributed by atoms with Gasteiger partial charge < -0.3 is 28.7 Å². The van der Waals surface area contributed by atoms with E-state index in [1.165, 1.54) is 192 Å². The van der Waals surface area contributed by atoms with E-state index in [4.69, 9.17) is 6.85 Å². The molecule has 18 aromatic carbocycles. The van der Waals surface area contributed by atoms with Crippen LogP contribution in [-0.2, 0) is 0 Å². The lowest BCUT2D eigenvalue weighted by atomic mass is 10.00. The molecule has 27 aromatic rings. The monoisotopic (exact) mass is 1500 g/mol. The van der Waals surface area contributed by atoms with Gasteiger partial charge in [-0.3, -0.25) is 0 Å². The smallest absolute Gasteiger partial charge is 0.0645 e. The van der Waals surface area contributed by atoms with E-state index in [-0.39, 0.29) is 35.9 Å². The fourth-order valence-electron chi connectivity index (χ4n) is 18.5. The third kappa shape index (κ3) is 9.51. The SMILES string of the molecule is [2H]c1c([2H])c([2H])c(-n2c3ccccc3c3cc4c(cc32)sc2cc3[nH]c5ccccc5c3cc24)c([2H])c1[2H].c1ccc(-c2ccc(-n3c4ccccc4c4cc5c(cc43)sc3cc4[nH]c6ccccc6c4cc35)cc2)cc1.c1ccc2c(c1)cc(-n1c3ccccc3c3cc4c(cc31)sc1cc3[nH]c5ccccc5c3cc14)c1ccccc12. The summed E-state index contributed by atoms with van der Waals surface area (Å²) in [5.41, 5.74) is 18.7. The number of aromatic nitrogens is 6. The van der Waals surface area contributed by atoms with Gasteiger partial charge in [-0.05, 0) is 167 Å². The topological polar surface area (TPSA) is 62.2 Å². The minimum absolute atomic E-state index is 0.169. The molecule has 0 saturated heterocycles. The maximum Gasteiger partial charge on any atom is 0.0645 e. The fourth-order valence-corrected chi connectivity index (χ4v) is 22.0. The van der Waals surface area contributed by atoms with Crippen LogP contribution in [0.3, 0.4) is 0 Å². The van der Waals surface area contributed by atoms with E-state index in [1.807, 2.05) is 57.6 Å². The summed E-state index contributed by atoms with van der Waals surface area (Å²) < 4.78 is 56.1. The average molecular weight is 1500 g/mol. The molecule has 27 rings (SSSR count). The molecule has 0 unspecified atom stereocenters. The molecule has 113 heavy (non-hydrogen) atoms. The van der Waals surface area contributed by atoms with Crippen LogP contribution in [0.4, 0.5) is 0 Å². The van der Waals surface area contributed by atoms with Crippen molar-refractivity contribution >= 4 is 247 Å². The standard InChI is InChI=1S/C38H22N2S.C36H22N2S.C30H18N2S/c1-2-10-23-22(9-1)17-35(26-13-4-3-11-24(23)26)40-34-16-8-6-14-27(34)29-19-31-30-18-28-25-12-5-7-15-32(25)39-33(28)20-37(30)41-38(31)21-36(29)40;1-2-8-22(9-3-1)23-14-16-24(17-15-23)38-33-13-7-5-11-26(33)28-19-30-29-18-27-25-10-4-6-12-31(25)37-32(27)20-35(29)39-36(30)21-34(28)38;1-2-8-18(9-3-1)32-27-13-7-5-11-20(27)22-15-24-23-14-21-19-10-4-6-12-25(19)31-26(21)16-29(23)33-30(24)17-28(22)32/h1-21,39H;1-21,37H;1-17,31H/i;;1D,2D,3D,8D,9D. The third-order valence-electron chi connectivity index (χ3n) is 23.6. The number of aromatic amines is 3. The molecule has 0 atom stereocenters. The Morgan fingerprint density at radius 2 is 0.540 bits per heavy atom. The van der Waals surface area contributed by atoms with Crippen LogP contribution in [-0.4, -0.2) is 28.7 Å². The Balaban J connectivity index is 0.0000000987. The van der Waals surface area contributed by atoms with Gasteiger partial charge in [-0.1, -0.05) is 218 Å². The fraction of sp³-hybridized carbons (Fsp3) is 0. The summed E-state index contributed by atoms with van der Waals surface area (Å²) in [6, 6.07) is 117. The van der Waals surface area contributed by atoms with Gasteiger partial charge in [0.25, 0.3) is 0 Å². The number of benzene rings is 18. The predicted molar refractivity (Wildman–Crippen MR) is 490 cm³/mol. The van der Waals surface area contributed by atoms with Gasteiger partial charge in [0.05, 0.1) is 45.6 Å². The predicted octanol–water partition coefficient (Wildman–Crippen LogP) is 30.3. The lowest BCUT2D eigenvalue weighted by Gasteiger charge is -2.14. The van der Waals surface area contributed by atoms with E-state index in [0.717, 1.165) is 42.9 Å². The first-order valence-electron chi connectivity index (χ1n) is 40.6. The number of hydrogen-bond acceptors (Lipinski definition) is 3. The molecule has 0 aliphatic carbocycles. The molecule has 0 amide bonds. The van der Waals surface area contributed by atoms with Crippen LogP contribution in [0.25, 0.3) is 241 Å². The molecular formula is C104H62N6S3. The summed E-state index contributed by atoms with van der Waals surface area (Å²) >= 11 is 5.47. The highest BCUT2D eigenvalue weighted by Crippen LogP contribution is 2.48. The Morgan fingerprint density at radius 3 is 1.00 bits per heavy atom. The third-order valence-corrected chi connectivity index (χ3v) is 26.9. The second kappa shape index (κ2) is 24.2. The quantitative estimate of drug-likeness (QED) is 0.147. The Kier molecular flexibility index (Phi) is 12.4. The van der Waals surface area contributed by atoms with Gasteiger partial charge in [0.2, 0.25) is 0 Å². The van der Waals surface area contributed by atoms with Crippen molar-refractivity contribution in [3.8, 4) is 28.2 Å². The lowest BCUT2D eigenvalue weighted by molar-refractivity contribution is 1.18. The summed E-state index contributed by atoms with van der Waals surface area (Å²) in [7, 11) is 0. The van der Waals surface area contributed by atoms with Gasteiger partial charge >= 0.3 is 0 Å². The average Bonchev–Trinajstić information content (AvgIpc) is 1.56. The number of H-pyrrole nitrogens is 3. The molecule has 0 radical (unpaired) electrons. The zero-order valence-electron chi connectivity index (χ0n) is 65.2. The number of hydrogen-bond donors (Lipinski definition) is 3. The highest BCUT2D eigenvalue weighted by atomic mass is 32.1. The molecule has 0 bridgehead atoms. The van der Waals surface area contributed by atoms with Crippen molar-refractivity contribution in [3.63, 3.8) is 0 Å². The largest absolute Gasteiger partial charge is 0.354 e. The maximum atomic E-state index is 8.65. The number of rotatable bonds is 4. The molecule has 0 aliphatic rings. The Bertz CT molecular complexity index is 9010. The van der Waals surface area contributed by atoms with E-state index in [0.29, 0.717) is 0 Å². The Labute approximate surface area is 663 Å². The second-order valence-corrected chi connectivity index (χ2v) is 33.0. The van der Waals surface area contributed by atoms with E-state index in [9.17, 15) is 0 Å². The number of thiophene rings is 3. The van der Waals surface area contributed by atoms with E-state index < -0.39 is 0 Å². The molecule has 9 heterocycles. The van der Waals surface area contributed by atoms with Crippen molar-refractivity contribution in [2.24, 2.45) is 0 Å². The Morgan fingerprint density at radius 1 is 0.204 bits per heavy atom. The van der Waals surface area contributed by atoms with Crippen LogP contribution in [0.1, 0.15) is 6.85 Å². The molecule has 0 fully saturated rings. The van der Waals surface area contributed by atoms with Crippen LogP contribution in [0.2, 0.25) is 0 Å². The van der Waals surface area contributed by atoms with Crippen LogP contribution < -0.4 is 0 Å². The van der Waals surface area contributed by atoms with Gasteiger partial charge in [-0.25, -0.2) is 0 Å². The van der Waals surface area contributed by atoms with Gasteiger partial charge in [-0.15, -0.1) is 34.0 Å². The molecule has 3 N–H and O–H groups in total. The first-order chi connectivity index (χ1) is 58.0. The minimum Gasteiger partial charge on any atom is -0.354 e. The van der Waals surface area contributed by atoms with Crippen molar-refractivity contribution in [2.75, 3.05) is 0 Å². The van der Waals surface area contributed by atoms with Gasteiger partial charge in [0, 0.05) is 175 Å². The van der Waals surface area contributed by atoms with Gasteiger partial charge in [-0.2, -0.15) is 0 Å². The normalized spacial score (nSPS) is 12.9. The number of nitrogens with zero attached hydrogens (tertiary/aromatic N) is 3. The van der Waals surface area contributed by atoms with Crippen LogP contribution in [0, 0.1) is 0 Å². The molecular weight excluding hydrogens is 1430 g/mol. The first kappa shape index (κ1) is 58.0. The lowest BCUT2D eigenvalue weighted by Crippen LogP contribution is -1.96. The number of para-hydroxylation sites is 7. The molecule has 6 nitrogen and oxygen atoms in total. The summed E-state index contributed by atoms with van der Waals surface area (Å²) in [5.74, 6) is 0. The summed E-state index contributed by atoms with van der Waals surface area (Å²) in [6.07, 6.45) is 0. The van der Waals surface area contributed by atoms with Crippen molar-refractivity contribution in [2.45, 2.75) is 0 Å². The van der Waals surface area contributed by atoms with Gasteiger partial charge in [0.15, 0.2) is 0 Å². The van der Waals surface area contributed by atoms with Crippen molar-refractivity contribution < 1.29 is 6.85 Å². The molecule has 9 heteroatoms. The number of fused-ring (bicyclic) bond motifs is 30. The molecule has 0 saturated carbocycles. The van der Waals surface area contributed by atoms with Crippen molar-refractivity contribution in [3.05, 3.63) is 358 Å². The highest BCUT2D eigenvalue weighted by Gasteiger charge is 2.23. The van der Waals surface area contributed by atoms with E-state index in [2.05, 4.69) is 321 Å². The molecule has 9 aromatic heterocycles. The molecule has 526 valence electrons. The van der Waals surface area contributed by atoms with E-state index >= 15 is 0 Å². The zero-order chi connectivity index (χ0) is 78.0. The second-order valence-electron chi connectivity index (χ2n) is 29.7. The van der Waals surface area contributed by atoms with E-state index in [1.54, 1.807) is 11.3 Å².